The molecule has 3 rings (SSSR count). The van der Waals surface area contributed by atoms with Crippen LogP contribution in [-0.4, -0.2) is 67.9 Å². The fraction of sp³-hybridized carbons (Fsp3) is 0.588. The third-order valence-corrected chi connectivity index (χ3v) is 4.46. The maximum Gasteiger partial charge on any atom is 0.387 e. The first-order valence-electron chi connectivity index (χ1n) is 8.55. The topological polar surface area (TPSA) is 54.0 Å². The third kappa shape index (κ3) is 5.27. The lowest BCUT2D eigenvalue weighted by Gasteiger charge is -2.35. The molecular formula is C17H23F2N3O3. The number of anilines is 1. The van der Waals surface area contributed by atoms with Crippen molar-refractivity contribution in [1.29, 1.82) is 0 Å². The van der Waals surface area contributed by atoms with Crippen LogP contribution in [0.4, 0.5) is 19.3 Å². The predicted molar refractivity (Wildman–Crippen MR) is 89.1 cm³/mol. The highest BCUT2D eigenvalue weighted by Gasteiger charge is 2.25. The molecule has 2 fully saturated rings. The minimum absolute atomic E-state index is 0.0224. The highest BCUT2D eigenvalue weighted by Crippen LogP contribution is 2.20. The second-order valence-corrected chi connectivity index (χ2v) is 6.26. The quantitative estimate of drug-likeness (QED) is 0.882. The number of alkyl halides is 2. The highest BCUT2D eigenvalue weighted by molar-refractivity contribution is 5.89. The Kier molecular flexibility index (Phi) is 6.04. The number of carbonyl (C=O) groups is 1. The second-order valence-electron chi connectivity index (χ2n) is 6.26. The van der Waals surface area contributed by atoms with E-state index < -0.39 is 6.61 Å². The second kappa shape index (κ2) is 8.44. The van der Waals surface area contributed by atoms with Crippen molar-refractivity contribution >= 4 is 11.7 Å². The fourth-order valence-corrected chi connectivity index (χ4v) is 3.16. The average Bonchev–Trinajstić information content (AvgIpc) is 3.08. The van der Waals surface area contributed by atoms with Crippen molar-refractivity contribution in [2.24, 2.45) is 0 Å². The number of halogens is 2. The van der Waals surface area contributed by atoms with Crippen molar-refractivity contribution in [2.45, 2.75) is 25.6 Å². The molecule has 0 saturated carbocycles. The largest absolute Gasteiger partial charge is 0.435 e. The molecule has 2 saturated heterocycles. The molecule has 25 heavy (non-hydrogen) atoms. The van der Waals surface area contributed by atoms with Crippen LogP contribution in [0.15, 0.2) is 24.3 Å². The van der Waals surface area contributed by atoms with Crippen LogP contribution in [0, 0.1) is 0 Å². The number of hydrogen-bond acceptors (Lipinski definition) is 4. The molecule has 2 aliphatic rings. The Balaban J connectivity index is 1.46. The van der Waals surface area contributed by atoms with Gasteiger partial charge in [-0.25, -0.2) is 4.79 Å². The van der Waals surface area contributed by atoms with Crippen molar-refractivity contribution in [3.8, 4) is 5.75 Å². The van der Waals surface area contributed by atoms with Crippen LogP contribution in [0.25, 0.3) is 0 Å². The van der Waals surface area contributed by atoms with E-state index in [1.165, 1.54) is 12.1 Å². The molecule has 2 aliphatic heterocycles. The number of amides is 2. The number of urea groups is 1. The predicted octanol–water partition coefficient (Wildman–Crippen LogP) is 2.62. The van der Waals surface area contributed by atoms with Crippen molar-refractivity contribution in [1.82, 2.24) is 9.80 Å². The Morgan fingerprint density at radius 3 is 2.80 bits per heavy atom. The molecule has 6 nitrogen and oxygen atoms in total. The van der Waals surface area contributed by atoms with Gasteiger partial charge in [0.05, 0.1) is 6.10 Å². The number of rotatable bonds is 5. The van der Waals surface area contributed by atoms with Crippen LogP contribution in [-0.2, 0) is 4.74 Å². The van der Waals surface area contributed by atoms with E-state index in [2.05, 4.69) is 15.0 Å². The first-order chi connectivity index (χ1) is 12.1. The van der Waals surface area contributed by atoms with Gasteiger partial charge in [-0.05, 0) is 25.0 Å². The van der Waals surface area contributed by atoms with E-state index in [-0.39, 0.29) is 11.8 Å². The van der Waals surface area contributed by atoms with Gasteiger partial charge in [0.1, 0.15) is 5.75 Å². The maximum absolute atomic E-state index is 12.3. The third-order valence-electron chi connectivity index (χ3n) is 4.46. The Bertz CT molecular complexity index is 574. The number of nitrogens with zero attached hydrogens (tertiary/aromatic N) is 2. The van der Waals surface area contributed by atoms with Crippen LogP contribution in [0.2, 0.25) is 0 Å². The molecule has 0 aliphatic carbocycles. The fourth-order valence-electron chi connectivity index (χ4n) is 3.16. The summed E-state index contributed by atoms with van der Waals surface area (Å²) >= 11 is 0. The van der Waals surface area contributed by atoms with Gasteiger partial charge in [0.25, 0.3) is 0 Å². The van der Waals surface area contributed by atoms with E-state index in [0.29, 0.717) is 24.9 Å². The van der Waals surface area contributed by atoms with Gasteiger partial charge in [-0.15, -0.1) is 0 Å². The molecule has 1 unspecified atom stereocenters. The molecule has 2 heterocycles. The van der Waals surface area contributed by atoms with E-state index in [0.717, 1.165) is 39.1 Å². The highest BCUT2D eigenvalue weighted by atomic mass is 19.3. The molecule has 0 radical (unpaired) electrons. The Labute approximate surface area is 145 Å². The molecule has 1 atom stereocenters. The van der Waals surface area contributed by atoms with Crippen molar-refractivity contribution in [3.05, 3.63) is 24.3 Å². The van der Waals surface area contributed by atoms with Crippen LogP contribution in [0.1, 0.15) is 12.8 Å². The lowest BCUT2D eigenvalue weighted by molar-refractivity contribution is -0.0497. The SMILES string of the molecule is O=C(Nc1cccc(OC(F)F)c1)N1CCN(CC2CCCO2)CC1. The van der Waals surface area contributed by atoms with Crippen LogP contribution >= 0.6 is 0 Å². The van der Waals surface area contributed by atoms with E-state index in [4.69, 9.17) is 4.74 Å². The minimum atomic E-state index is -2.89. The summed E-state index contributed by atoms with van der Waals surface area (Å²) in [6.45, 7) is 1.76. The monoisotopic (exact) mass is 355 g/mol. The summed E-state index contributed by atoms with van der Waals surface area (Å²) in [5.41, 5.74) is 0.435. The number of hydrogen-bond donors (Lipinski definition) is 1. The zero-order valence-electron chi connectivity index (χ0n) is 14.0. The summed E-state index contributed by atoms with van der Waals surface area (Å²) in [6, 6.07) is 5.78. The molecule has 1 N–H and O–H groups in total. The first kappa shape index (κ1) is 17.9. The lowest BCUT2D eigenvalue weighted by Crippen LogP contribution is -2.51. The molecule has 0 spiro atoms. The van der Waals surface area contributed by atoms with Gasteiger partial charge in [0.2, 0.25) is 0 Å². The summed E-state index contributed by atoms with van der Waals surface area (Å²) in [5.74, 6) is 0.0224. The smallest absolute Gasteiger partial charge is 0.387 e. The van der Waals surface area contributed by atoms with Gasteiger partial charge in [-0.1, -0.05) is 6.07 Å². The first-order valence-corrected chi connectivity index (χ1v) is 8.55. The molecule has 0 aromatic heterocycles. The van der Waals surface area contributed by atoms with Gasteiger partial charge in [-0.2, -0.15) is 8.78 Å². The zero-order chi connectivity index (χ0) is 17.6. The molecule has 8 heteroatoms. The van der Waals surface area contributed by atoms with Gasteiger partial charge in [-0.3, -0.25) is 4.90 Å². The minimum Gasteiger partial charge on any atom is -0.435 e. The molecule has 0 bridgehead atoms. The molecule has 138 valence electrons. The number of ether oxygens (including phenoxy) is 2. The van der Waals surface area contributed by atoms with Gasteiger partial charge < -0.3 is 19.7 Å². The van der Waals surface area contributed by atoms with Crippen LogP contribution in [0.3, 0.4) is 0 Å². The van der Waals surface area contributed by atoms with Crippen molar-refractivity contribution < 1.29 is 23.0 Å². The van der Waals surface area contributed by atoms with E-state index in [1.54, 1.807) is 17.0 Å². The number of piperazine rings is 1. The zero-order valence-corrected chi connectivity index (χ0v) is 14.0. The average molecular weight is 355 g/mol. The van der Waals surface area contributed by atoms with Crippen molar-refractivity contribution in [2.75, 3.05) is 44.6 Å². The molecular weight excluding hydrogens is 332 g/mol. The van der Waals surface area contributed by atoms with Crippen LogP contribution < -0.4 is 10.1 Å². The maximum atomic E-state index is 12.3. The summed E-state index contributed by atoms with van der Waals surface area (Å²) in [7, 11) is 0. The molecule has 1 aromatic rings. The van der Waals surface area contributed by atoms with Crippen molar-refractivity contribution in [3.63, 3.8) is 0 Å². The summed E-state index contributed by atoms with van der Waals surface area (Å²) in [4.78, 5) is 16.4. The number of benzene rings is 1. The normalized spacial score (nSPS) is 21.6. The Hall–Kier alpha value is -1.93. The summed E-state index contributed by atoms with van der Waals surface area (Å²) < 4.78 is 34.5. The number of carbonyl (C=O) groups excluding carboxylic acids is 1. The van der Waals surface area contributed by atoms with Gasteiger partial charge in [0.15, 0.2) is 0 Å². The number of nitrogens with one attached hydrogen (secondary N) is 1. The van der Waals surface area contributed by atoms with E-state index in [9.17, 15) is 13.6 Å². The molecule has 2 amide bonds. The van der Waals surface area contributed by atoms with Gasteiger partial charge in [0, 0.05) is 51.1 Å². The summed E-state index contributed by atoms with van der Waals surface area (Å²) in [5, 5.41) is 2.73. The lowest BCUT2D eigenvalue weighted by atomic mass is 10.2. The summed E-state index contributed by atoms with van der Waals surface area (Å²) in [6.07, 6.45) is 2.55. The standard InChI is InChI=1S/C17H23F2N3O3/c18-16(19)25-14-4-1-3-13(11-14)20-17(23)22-8-6-21(7-9-22)12-15-5-2-10-24-15/h1,3-4,11,15-16H,2,5-10,12H2,(H,20,23). The molecule has 1 aromatic carbocycles. The Morgan fingerprint density at radius 1 is 1.32 bits per heavy atom. The Morgan fingerprint density at radius 2 is 2.12 bits per heavy atom. The van der Waals surface area contributed by atoms with Crippen LogP contribution in [0.5, 0.6) is 5.75 Å². The van der Waals surface area contributed by atoms with Gasteiger partial charge >= 0.3 is 12.6 Å². The van der Waals surface area contributed by atoms with E-state index in [1.807, 2.05) is 0 Å². The van der Waals surface area contributed by atoms with E-state index >= 15 is 0 Å².